The predicted octanol–water partition coefficient (Wildman–Crippen LogP) is 1.65. The molecular formula is C13H24N2O2. The van der Waals surface area contributed by atoms with Crippen molar-refractivity contribution in [2.75, 3.05) is 19.6 Å². The molecule has 1 rings (SSSR count). The summed E-state index contributed by atoms with van der Waals surface area (Å²) in [6.07, 6.45) is 3.92. The molecule has 0 aromatic carbocycles. The molecule has 1 heterocycles. The van der Waals surface area contributed by atoms with Gasteiger partial charge in [0.2, 0.25) is 11.8 Å². The average molecular weight is 240 g/mol. The molecule has 17 heavy (non-hydrogen) atoms. The van der Waals surface area contributed by atoms with Crippen molar-refractivity contribution in [3.05, 3.63) is 0 Å². The summed E-state index contributed by atoms with van der Waals surface area (Å²) in [6.45, 7) is 7.84. The molecule has 0 bridgehead atoms. The van der Waals surface area contributed by atoms with E-state index in [1.807, 2.05) is 18.7 Å². The van der Waals surface area contributed by atoms with E-state index in [0.717, 1.165) is 25.9 Å². The van der Waals surface area contributed by atoms with Crippen LogP contribution in [0.4, 0.5) is 0 Å². The summed E-state index contributed by atoms with van der Waals surface area (Å²) in [6, 6.07) is 0.168. The normalized spacial score (nSPS) is 16.1. The molecule has 1 saturated heterocycles. The molecule has 1 aliphatic rings. The standard InChI is InChI=1S/C13H24N2O2/c1-11(2)15(12(3)16)10-7-13(17)14-8-5-4-6-9-14/h11H,4-10H2,1-3H3. The number of amides is 2. The van der Waals surface area contributed by atoms with Crippen LogP contribution >= 0.6 is 0 Å². The number of piperidine rings is 1. The Morgan fingerprint density at radius 2 is 1.76 bits per heavy atom. The first kappa shape index (κ1) is 14.0. The van der Waals surface area contributed by atoms with E-state index in [1.165, 1.54) is 6.42 Å². The third-order valence-electron chi connectivity index (χ3n) is 3.30. The Balaban J connectivity index is 2.37. The highest BCUT2D eigenvalue weighted by Crippen LogP contribution is 2.10. The smallest absolute Gasteiger partial charge is 0.224 e. The number of carbonyl (C=O) groups excluding carboxylic acids is 2. The van der Waals surface area contributed by atoms with Crippen molar-refractivity contribution in [1.82, 2.24) is 9.80 Å². The number of carbonyl (C=O) groups is 2. The Hall–Kier alpha value is -1.06. The Labute approximate surface area is 104 Å². The molecule has 0 radical (unpaired) electrons. The van der Waals surface area contributed by atoms with Gasteiger partial charge in [-0.15, -0.1) is 0 Å². The van der Waals surface area contributed by atoms with Crippen molar-refractivity contribution in [1.29, 1.82) is 0 Å². The molecule has 4 nitrogen and oxygen atoms in total. The molecule has 0 aromatic rings. The maximum Gasteiger partial charge on any atom is 0.224 e. The quantitative estimate of drug-likeness (QED) is 0.749. The molecule has 1 fully saturated rings. The van der Waals surface area contributed by atoms with E-state index >= 15 is 0 Å². The molecule has 0 aromatic heterocycles. The third kappa shape index (κ3) is 4.36. The lowest BCUT2D eigenvalue weighted by Crippen LogP contribution is -2.41. The van der Waals surface area contributed by atoms with Crippen LogP contribution in [0.5, 0.6) is 0 Å². The third-order valence-corrected chi connectivity index (χ3v) is 3.30. The van der Waals surface area contributed by atoms with Gasteiger partial charge in [0.15, 0.2) is 0 Å². The average Bonchev–Trinajstić information content (AvgIpc) is 2.29. The molecular weight excluding hydrogens is 216 g/mol. The van der Waals surface area contributed by atoms with Crippen LogP contribution in [0.1, 0.15) is 46.5 Å². The van der Waals surface area contributed by atoms with E-state index < -0.39 is 0 Å². The van der Waals surface area contributed by atoms with Crippen LogP contribution in [0.15, 0.2) is 0 Å². The van der Waals surface area contributed by atoms with Gasteiger partial charge in [0.1, 0.15) is 0 Å². The molecule has 1 aliphatic heterocycles. The predicted molar refractivity (Wildman–Crippen MR) is 67.6 cm³/mol. The van der Waals surface area contributed by atoms with Crippen LogP contribution in [-0.2, 0) is 9.59 Å². The summed E-state index contributed by atoms with van der Waals surface area (Å²) in [5, 5.41) is 0. The fraction of sp³-hybridized carbons (Fsp3) is 0.846. The maximum atomic E-state index is 11.9. The first-order chi connectivity index (χ1) is 8.02. The second-order valence-corrected chi connectivity index (χ2v) is 5.00. The maximum absolute atomic E-state index is 11.9. The van der Waals surface area contributed by atoms with Crippen molar-refractivity contribution in [2.45, 2.75) is 52.5 Å². The van der Waals surface area contributed by atoms with Gasteiger partial charge in [-0.1, -0.05) is 0 Å². The molecule has 0 unspecified atom stereocenters. The number of nitrogens with zero attached hydrogens (tertiary/aromatic N) is 2. The summed E-state index contributed by atoms with van der Waals surface area (Å²) in [5.41, 5.74) is 0. The fourth-order valence-electron chi connectivity index (χ4n) is 2.30. The van der Waals surface area contributed by atoms with Gasteiger partial charge in [-0.2, -0.15) is 0 Å². The molecule has 98 valence electrons. The summed E-state index contributed by atoms with van der Waals surface area (Å²) in [7, 11) is 0. The Morgan fingerprint density at radius 3 is 2.24 bits per heavy atom. The van der Waals surface area contributed by atoms with E-state index in [9.17, 15) is 9.59 Å². The lowest BCUT2D eigenvalue weighted by Gasteiger charge is -2.29. The van der Waals surface area contributed by atoms with Gasteiger partial charge >= 0.3 is 0 Å². The van der Waals surface area contributed by atoms with E-state index in [-0.39, 0.29) is 17.9 Å². The fourth-order valence-corrected chi connectivity index (χ4v) is 2.30. The van der Waals surface area contributed by atoms with Crippen molar-refractivity contribution in [2.24, 2.45) is 0 Å². The largest absolute Gasteiger partial charge is 0.343 e. The molecule has 0 N–H and O–H groups in total. The zero-order valence-electron chi connectivity index (χ0n) is 11.2. The van der Waals surface area contributed by atoms with E-state index in [4.69, 9.17) is 0 Å². The van der Waals surface area contributed by atoms with Gasteiger partial charge in [-0.25, -0.2) is 0 Å². The Morgan fingerprint density at radius 1 is 1.18 bits per heavy atom. The molecule has 0 atom stereocenters. The molecule has 0 spiro atoms. The highest BCUT2D eigenvalue weighted by molar-refractivity contribution is 5.78. The van der Waals surface area contributed by atoms with Crippen molar-refractivity contribution in [3.8, 4) is 0 Å². The number of hydrogen-bond donors (Lipinski definition) is 0. The van der Waals surface area contributed by atoms with Gasteiger partial charge < -0.3 is 9.80 Å². The Kier molecular flexibility index (Phi) is 5.45. The number of rotatable bonds is 4. The van der Waals surface area contributed by atoms with Crippen LogP contribution in [0, 0.1) is 0 Å². The molecule has 0 aliphatic carbocycles. The monoisotopic (exact) mass is 240 g/mol. The topological polar surface area (TPSA) is 40.6 Å². The minimum Gasteiger partial charge on any atom is -0.343 e. The first-order valence-corrected chi connectivity index (χ1v) is 6.57. The van der Waals surface area contributed by atoms with Crippen molar-refractivity contribution in [3.63, 3.8) is 0 Å². The summed E-state index contributed by atoms with van der Waals surface area (Å²) in [5.74, 6) is 0.239. The van der Waals surface area contributed by atoms with E-state index in [2.05, 4.69) is 0 Å². The second-order valence-electron chi connectivity index (χ2n) is 5.00. The second kappa shape index (κ2) is 6.62. The summed E-state index contributed by atoms with van der Waals surface area (Å²) in [4.78, 5) is 27.0. The van der Waals surface area contributed by atoms with E-state index in [1.54, 1.807) is 11.8 Å². The van der Waals surface area contributed by atoms with Gasteiger partial charge in [0.25, 0.3) is 0 Å². The minimum atomic E-state index is 0.0476. The van der Waals surface area contributed by atoms with Gasteiger partial charge in [-0.05, 0) is 33.1 Å². The molecule has 4 heteroatoms. The SMILES string of the molecule is CC(=O)N(CCC(=O)N1CCCCC1)C(C)C. The number of hydrogen-bond acceptors (Lipinski definition) is 2. The van der Waals surface area contributed by atoms with Crippen LogP contribution in [0.2, 0.25) is 0 Å². The van der Waals surface area contributed by atoms with Crippen molar-refractivity contribution >= 4 is 11.8 Å². The van der Waals surface area contributed by atoms with Crippen LogP contribution in [-0.4, -0.2) is 47.3 Å². The Bertz CT molecular complexity index is 271. The number of likely N-dealkylation sites (tertiary alicyclic amines) is 1. The van der Waals surface area contributed by atoms with Crippen LogP contribution in [0.25, 0.3) is 0 Å². The van der Waals surface area contributed by atoms with Gasteiger partial charge in [-0.3, -0.25) is 9.59 Å². The zero-order chi connectivity index (χ0) is 12.8. The van der Waals surface area contributed by atoms with E-state index in [0.29, 0.717) is 13.0 Å². The first-order valence-electron chi connectivity index (χ1n) is 6.57. The van der Waals surface area contributed by atoms with Crippen LogP contribution < -0.4 is 0 Å². The summed E-state index contributed by atoms with van der Waals surface area (Å²) < 4.78 is 0. The minimum absolute atomic E-state index is 0.0476. The summed E-state index contributed by atoms with van der Waals surface area (Å²) >= 11 is 0. The van der Waals surface area contributed by atoms with Crippen molar-refractivity contribution < 1.29 is 9.59 Å². The highest BCUT2D eigenvalue weighted by atomic mass is 16.2. The molecule has 2 amide bonds. The van der Waals surface area contributed by atoms with Gasteiger partial charge in [0, 0.05) is 39.0 Å². The highest BCUT2D eigenvalue weighted by Gasteiger charge is 2.19. The van der Waals surface area contributed by atoms with Crippen LogP contribution in [0.3, 0.4) is 0 Å². The lowest BCUT2D eigenvalue weighted by atomic mass is 10.1. The molecule has 0 saturated carbocycles. The van der Waals surface area contributed by atoms with Gasteiger partial charge in [0.05, 0.1) is 0 Å². The zero-order valence-corrected chi connectivity index (χ0v) is 11.2. The lowest BCUT2D eigenvalue weighted by molar-refractivity contribution is -0.134.